The van der Waals surface area contributed by atoms with Crippen molar-refractivity contribution in [3.8, 4) is 0 Å². The van der Waals surface area contributed by atoms with E-state index in [0.717, 1.165) is 11.3 Å². The highest BCUT2D eigenvalue weighted by Crippen LogP contribution is 2.34. The maximum Gasteiger partial charge on any atom is 0.134 e. The number of halogens is 2. The normalized spacial score (nSPS) is 11.8. The Kier molecular flexibility index (Phi) is 2.88. The lowest BCUT2D eigenvalue weighted by Crippen LogP contribution is -2.13. The number of rotatable bonds is 0. The molecule has 72 valence electrons. The van der Waals surface area contributed by atoms with Gasteiger partial charge in [0.25, 0.3) is 0 Å². The Balaban J connectivity index is 3.38. The molecule has 0 amide bonds. The van der Waals surface area contributed by atoms with Crippen LogP contribution in [0.2, 0.25) is 10.2 Å². The van der Waals surface area contributed by atoms with Gasteiger partial charge in [0.1, 0.15) is 5.15 Å². The lowest BCUT2D eigenvalue weighted by molar-refractivity contribution is 0.587. The third-order valence-electron chi connectivity index (χ3n) is 1.81. The van der Waals surface area contributed by atoms with Crippen LogP contribution in [0.1, 0.15) is 32.0 Å². The molecule has 1 nitrogen and oxygen atoms in total. The summed E-state index contributed by atoms with van der Waals surface area (Å²) < 4.78 is 0. The Morgan fingerprint density at radius 1 is 1.23 bits per heavy atom. The largest absolute Gasteiger partial charge is 0.241 e. The van der Waals surface area contributed by atoms with Gasteiger partial charge in [-0.05, 0) is 18.4 Å². The van der Waals surface area contributed by atoms with Gasteiger partial charge in [0.05, 0.1) is 0 Å². The van der Waals surface area contributed by atoms with Crippen molar-refractivity contribution in [3.63, 3.8) is 0 Å². The number of hydrogen-bond donors (Lipinski definition) is 0. The number of pyridine rings is 1. The van der Waals surface area contributed by atoms with Gasteiger partial charge in [0, 0.05) is 16.3 Å². The maximum atomic E-state index is 6.09. The van der Waals surface area contributed by atoms with Gasteiger partial charge in [-0.2, -0.15) is 0 Å². The second-order valence-corrected chi connectivity index (χ2v) is 4.93. The van der Waals surface area contributed by atoms with E-state index < -0.39 is 0 Å². The Labute approximate surface area is 89.1 Å². The molecule has 0 aromatic carbocycles. The quantitative estimate of drug-likeness (QED) is 0.600. The standard InChI is InChI=1S/C10H13Cl2N/c1-6-5-7(11)8(9(12)13-6)10(2,3)4/h5H,1-4H3. The van der Waals surface area contributed by atoms with E-state index in [-0.39, 0.29) is 5.41 Å². The minimum atomic E-state index is -0.0606. The fourth-order valence-corrected chi connectivity index (χ4v) is 2.36. The second-order valence-electron chi connectivity index (χ2n) is 4.16. The second kappa shape index (κ2) is 3.47. The van der Waals surface area contributed by atoms with E-state index in [1.807, 2.05) is 13.0 Å². The van der Waals surface area contributed by atoms with Crippen LogP contribution in [-0.4, -0.2) is 4.98 Å². The fourth-order valence-electron chi connectivity index (χ4n) is 1.26. The molecule has 0 bridgehead atoms. The molecule has 0 spiro atoms. The summed E-state index contributed by atoms with van der Waals surface area (Å²) in [7, 11) is 0. The van der Waals surface area contributed by atoms with Crippen molar-refractivity contribution in [2.75, 3.05) is 0 Å². The summed E-state index contributed by atoms with van der Waals surface area (Å²) in [6, 6.07) is 1.84. The van der Waals surface area contributed by atoms with E-state index in [1.165, 1.54) is 0 Å². The molecule has 1 rings (SSSR count). The van der Waals surface area contributed by atoms with E-state index in [0.29, 0.717) is 10.2 Å². The van der Waals surface area contributed by atoms with Gasteiger partial charge in [0.15, 0.2) is 0 Å². The predicted molar refractivity (Wildman–Crippen MR) is 57.7 cm³/mol. The average molecular weight is 218 g/mol. The zero-order valence-electron chi connectivity index (χ0n) is 8.28. The lowest BCUT2D eigenvalue weighted by atomic mass is 9.88. The number of nitrogens with zero attached hydrogens (tertiary/aromatic N) is 1. The zero-order chi connectivity index (χ0) is 10.2. The van der Waals surface area contributed by atoms with Crippen molar-refractivity contribution in [1.82, 2.24) is 4.98 Å². The first-order valence-electron chi connectivity index (χ1n) is 4.15. The Bertz CT molecular complexity index is 303. The summed E-state index contributed by atoms with van der Waals surface area (Å²) in [6.07, 6.45) is 0. The molecule has 0 aliphatic heterocycles. The maximum absolute atomic E-state index is 6.09. The van der Waals surface area contributed by atoms with Crippen LogP contribution >= 0.6 is 23.2 Å². The monoisotopic (exact) mass is 217 g/mol. The summed E-state index contributed by atoms with van der Waals surface area (Å²) in [5.41, 5.74) is 1.71. The molecule has 0 saturated heterocycles. The minimum absolute atomic E-state index is 0.0606. The van der Waals surface area contributed by atoms with Crippen molar-refractivity contribution in [2.24, 2.45) is 0 Å². The molecule has 0 aliphatic carbocycles. The number of aryl methyl sites for hydroxylation is 1. The molecule has 1 aromatic heterocycles. The number of aromatic nitrogens is 1. The molecule has 13 heavy (non-hydrogen) atoms. The van der Waals surface area contributed by atoms with E-state index in [9.17, 15) is 0 Å². The lowest BCUT2D eigenvalue weighted by Gasteiger charge is -2.21. The van der Waals surface area contributed by atoms with Gasteiger partial charge in [-0.1, -0.05) is 44.0 Å². The molecule has 0 radical (unpaired) electrons. The fraction of sp³-hybridized carbons (Fsp3) is 0.500. The molecule has 0 fully saturated rings. The van der Waals surface area contributed by atoms with Crippen LogP contribution in [0.4, 0.5) is 0 Å². The van der Waals surface area contributed by atoms with Gasteiger partial charge in [-0.3, -0.25) is 0 Å². The highest BCUT2D eigenvalue weighted by Gasteiger charge is 2.21. The Hall–Kier alpha value is -0.270. The third-order valence-corrected chi connectivity index (χ3v) is 2.38. The topological polar surface area (TPSA) is 12.9 Å². The van der Waals surface area contributed by atoms with E-state index in [4.69, 9.17) is 23.2 Å². The van der Waals surface area contributed by atoms with E-state index in [2.05, 4.69) is 25.8 Å². The van der Waals surface area contributed by atoms with Crippen LogP contribution in [0.15, 0.2) is 6.07 Å². The van der Waals surface area contributed by atoms with Crippen molar-refractivity contribution < 1.29 is 0 Å². The molecule has 0 N–H and O–H groups in total. The van der Waals surface area contributed by atoms with Crippen LogP contribution < -0.4 is 0 Å². The van der Waals surface area contributed by atoms with Crippen LogP contribution in [0, 0.1) is 6.92 Å². The van der Waals surface area contributed by atoms with Crippen LogP contribution in [0.5, 0.6) is 0 Å². The molecular formula is C10H13Cl2N. The summed E-state index contributed by atoms with van der Waals surface area (Å²) in [5, 5.41) is 1.21. The van der Waals surface area contributed by atoms with Gasteiger partial charge < -0.3 is 0 Å². The summed E-state index contributed by atoms with van der Waals surface area (Å²) >= 11 is 12.1. The highest BCUT2D eigenvalue weighted by molar-refractivity contribution is 6.35. The van der Waals surface area contributed by atoms with Crippen molar-refractivity contribution in [3.05, 3.63) is 27.5 Å². The van der Waals surface area contributed by atoms with Crippen molar-refractivity contribution >= 4 is 23.2 Å². The van der Waals surface area contributed by atoms with Crippen molar-refractivity contribution in [1.29, 1.82) is 0 Å². The molecule has 3 heteroatoms. The van der Waals surface area contributed by atoms with E-state index >= 15 is 0 Å². The smallest absolute Gasteiger partial charge is 0.134 e. The summed E-state index contributed by atoms with van der Waals surface area (Å²) in [5.74, 6) is 0. The Morgan fingerprint density at radius 3 is 2.15 bits per heavy atom. The third kappa shape index (κ3) is 2.35. The van der Waals surface area contributed by atoms with Gasteiger partial charge in [-0.15, -0.1) is 0 Å². The first-order valence-corrected chi connectivity index (χ1v) is 4.91. The molecule has 0 atom stereocenters. The Morgan fingerprint density at radius 2 is 1.77 bits per heavy atom. The van der Waals surface area contributed by atoms with Crippen molar-refractivity contribution in [2.45, 2.75) is 33.1 Å². The van der Waals surface area contributed by atoms with Crippen LogP contribution in [0.25, 0.3) is 0 Å². The van der Waals surface area contributed by atoms with Gasteiger partial charge in [-0.25, -0.2) is 4.98 Å². The van der Waals surface area contributed by atoms with Gasteiger partial charge >= 0.3 is 0 Å². The molecule has 0 aliphatic rings. The first kappa shape index (κ1) is 10.8. The highest BCUT2D eigenvalue weighted by atomic mass is 35.5. The molecular weight excluding hydrogens is 205 g/mol. The number of hydrogen-bond acceptors (Lipinski definition) is 1. The molecule has 1 heterocycles. The van der Waals surface area contributed by atoms with Crippen LogP contribution in [0.3, 0.4) is 0 Å². The van der Waals surface area contributed by atoms with Gasteiger partial charge in [0.2, 0.25) is 0 Å². The van der Waals surface area contributed by atoms with Crippen LogP contribution in [-0.2, 0) is 5.41 Å². The molecule has 0 unspecified atom stereocenters. The first-order chi connectivity index (χ1) is 5.82. The molecule has 0 saturated carbocycles. The summed E-state index contributed by atoms with van der Waals surface area (Å²) in [6.45, 7) is 8.08. The summed E-state index contributed by atoms with van der Waals surface area (Å²) in [4.78, 5) is 4.18. The average Bonchev–Trinajstić information content (AvgIpc) is 1.78. The zero-order valence-corrected chi connectivity index (χ0v) is 9.79. The SMILES string of the molecule is Cc1cc(Cl)c(C(C)(C)C)c(Cl)n1. The molecule has 1 aromatic rings. The minimum Gasteiger partial charge on any atom is -0.241 e. The predicted octanol–water partition coefficient (Wildman–Crippen LogP) is 3.99. The van der Waals surface area contributed by atoms with E-state index in [1.54, 1.807) is 0 Å².